The summed E-state index contributed by atoms with van der Waals surface area (Å²) in [7, 11) is 0. The Morgan fingerprint density at radius 2 is 1.62 bits per heavy atom. The highest BCUT2D eigenvalue weighted by atomic mass is 32.1. The monoisotopic (exact) mass is 408 g/mol. The Morgan fingerprint density at radius 3 is 2.14 bits per heavy atom. The summed E-state index contributed by atoms with van der Waals surface area (Å²) >= 11 is 1.25. The molecule has 6 heteroatoms. The van der Waals surface area contributed by atoms with Crippen LogP contribution < -0.4 is 11.1 Å². The molecular formula is C23H28N4OS. The molecule has 1 amide bonds. The van der Waals surface area contributed by atoms with Crippen LogP contribution in [0.3, 0.4) is 0 Å². The zero-order valence-electron chi connectivity index (χ0n) is 17.8. The van der Waals surface area contributed by atoms with Crippen LogP contribution in [-0.2, 0) is 10.8 Å². The van der Waals surface area contributed by atoms with Crippen molar-refractivity contribution in [2.24, 2.45) is 0 Å². The Morgan fingerprint density at radius 1 is 1.00 bits per heavy atom. The van der Waals surface area contributed by atoms with Crippen LogP contribution in [0.2, 0.25) is 0 Å². The zero-order valence-corrected chi connectivity index (χ0v) is 18.6. The first-order valence-corrected chi connectivity index (χ1v) is 10.4. The number of nitrogens with zero attached hydrogens (tertiary/aromatic N) is 2. The minimum Gasteiger partial charge on any atom is -0.389 e. The van der Waals surface area contributed by atoms with Crippen LogP contribution in [0.4, 0.5) is 10.1 Å². The largest absolute Gasteiger partial charge is 0.389 e. The number of amides is 1. The standard InChI is InChI=1S/C23H28N4OS/c1-22(2,3)15-11-14(12-16(13-15)23(4,5)6)20(28)27-21-26-18(19(24)29-21)17-9-7-8-10-25-17/h7-13H,24H2,1-6H3,(H,26,27,28). The molecule has 2 aromatic heterocycles. The number of hydrogen-bond acceptors (Lipinski definition) is 5. The summed E-state index contributed by atoms with van der Waals surface area (Å²) in [5.74, 6) is -0.192. The highest BCUT2D eigenvalue weighted by Crippen LogP contribution is 2.33. The number of pyridine rings is 1. The number of thiazole rings is 1. The molecule has 5 nitrogen and oxygen atoms in total. The first kappa shape index (κ1) is 21.0. The van der Waals surface area contributed by atoms with Gasteiger partial charge in [0, 0.05) is 11.8 Å². The van der Waals surface area contributed by atoms with Gasteiger partial charge in [0.15, 0.2) is 5.13 Å². The van der Waals surface area contributed by atoms with E-state index in [1.165, 1.54) is 11.3 Å². The predicted octanol–water partition coefficient (Wildman–Crippen LogP) is 5.63. The summed E-state index contributed by atoms with van der Waals surface area (Å²) in [6.07, 6.45) is 1.69. The zero-order chi connectivity index (χ0) is 21.4. The number of carbonyl (C=O) groups is 1. The summed E-state index contributed by atoms with van der Waals surface area (Å²) in [6.45, 7) is 12.9. The van der Waals surface area contributed by atoms with E-state index in [-0.39, 0.29) is 16.7 Å². The first-order valence-electron chi connectivity index (χ1n) is 9.60. The smallest absolute Gasteiger partial charge is 0.257 e. The third kappa shape index (κ3) is 4.82. The minimum atomic E-state index is -0.192. The first-order chi connectivity index (χ1) is 13.4. The molecular weight excluding hydrogens is 380 g/mol. The van der Waals surface area contributed by atoms with Crippen molar-refractivity contribution >= 4 is 27.4 Å². The molecule has 0 unspecified atom stereocenters. The average Bonchev–Trinajstić information content (AvgIpc) is 3.00. The molecule has 3 N–H and O–H groups in total. The number of hydrogen-bond donors (Lipinski definition) is 2. The molecule has 1 aromatic carbocycles. The van der Waals surface area contributed by atoms with Crippen molar-refractivity contribution in [3.8, 4) is 11.4 Å². The molecule has 0 fully saturated rings. The minimum absolute atomic E-state index is 0.0615. The molecule has 0 atom stereocenters. The van der Waals surface area contributed by atoms with Gasteiger partial charge in [0.1, 0.15) is 10.7 Å². The molecule has 0 bridgehead atoms. The van der Waals surface area contributed by atoms with Gasteiger partial charge in [-0.25, -0.2) is 4.98 Å². The highest BCUT2D eigenvalue weighted by Gasteiger charge is 2.23. The molecule has 0 saturated heterocycles. The van der Waals surface area contributed by atoms with Gasteiger partial charge >= 0.3 is 0 Å². The Labute approximate surface area is 176 Å². The van der Waals surface area contributed by atoms with Gasteiger partial charge in [0.05, 0.1) is 5.69 Å². The van der Waals surface area contributed by atoms with E-state index in [2.05, 4.69) is 62.9 Å². The number of aromatic nitrogens is 2. The van der Waals surface area contributed by atoms with Crippen LogP contribution >= 0.6 is 11.3 Å². The van der Waals surface area contributed by atoms with Crippen LogP contribution in [0.25, 0.3) is 11.4 Å². The van der Waals surface area contributed by atoms with E-state index < -0.39 is 0 Å². The second kappa shape index (κ2) is 7.59. The van der Waals surface area contributed by atoms with Gasteiger partial charge in [-0.15, -0.1) is 0 Å². The van der Waals surface area contributed by atoms with Crippen LogP contribution in [0.15, 0.2) is 42.6 Å². The summed E-state index contributed by atoms with van der Waals surface area (Å²) in [5.41, 5.74) is 10.1. The summed E-state index contributed by atoms with van der Waals surface area (Å²) < 4.78 is 0. The molecule has 0 saturated carbocycles. The van der Waals surface area contributed by atoms with Gasteiger partial charge in [-0.05, 0) is 46.2 Å². The molecule has 3 aromatic rings. The number of anilines is 2. The fourth-order valence-corrected chi connectivity index (χ4v) is 3.60. The van der Waals surface area contributed by atoms with E-state index in [4.69, 9.17) is 5.73 Å². The molecule has 2 heterocycles. The van der Waals surface area contributed by atoms with Gasteiger partial charge < -0.3 is 5.73 Å². The van der Waals surface area contributed by atoms with Crippen LogP contribution in [0, 0.1) is 0 Å². The number of carbonyl (C=O) groups excluding carboxylic acids is 1. The van der Waals surface area contributed by atoms with Crippen molar-refractivity contribution in [2.45, 2.75) is 52.4 Å². The van der Waals surface area contributed by atoms with Crippen molar-refractivity contribution in [2.75, 3.05) is 11.1 Å². The number of benzene rings is 1. The van der Waals surface area contributed by atoms with E-state index in [1.807, 2.05) is 30.3 Å². The Kier molecular flexibility index (Phi) is 5.50. The second-order valence-electron chi connectivity index (χ2n) is 9.20. The molecule has 152 valence electrons. The fourth-order valence-electron chi connectivity index (χ4n) is 2.87. The third-order valence-corrected chi connectivity index (χ3v) is 5.51. The molecule has 0 spiro atoms. The molecule has 0 aliphatic carbocycles. The number of nitrogen functional groups attached to an aromatic ring is 1. The Hall–Kier alpha value is -2.73. The van der Waals surface area contributed by atoms with E-state index in [1.54, 1.807) is 6.20 Å². The molecule has 0 aliphatic rings. The van der Waals surface area contributed by atoms with E-state index in [0.717, 1.165) is 11.1 Å². The lowest BCUT2D eigenvalue weighted by molar-refractivity contribution is 0.102. The number of nitrogens with one attached hydrogen (secondary N) is 1. The predicted molar refractivity (Wildman–Crippen MR) is 122 cm³/mol. The highest BCUT2D eigenvalue weighted by molar-refractivity contribution is 7.20. The van der Waals surface area contributed by atoms with E-state index >= 15 is 0 Å². The molecule has 3 rings (SSSR count). The molecule has 29 heavy (non-hydrogen) atoms. The normalized spacial score (nSPS) is 12.1. The topological polar surface area (TPSA) is 80.9 Å². The molecule has 0 aliphatic heterocycles. The number of nitrogens with two attached hydrogens (primary N) is 1. The van der Waals surface area contributed by atoms with Crippen molar-refractivity contribution in [3.63, 3.8) is 0 Å². The van der Waals surface area contributed by atoms with E-state index in [0.29, 0.717) is 27.1 Å². The van der Waals surface area contributed by atoms with Crippen molar-refractivity contribution in [1.29, 1.82) is 0 Å². The van der Waals surface area contributed by atoms with Crippen LogP contribution in [0.1, 0.15) is 63.0 Å². The van der Waals surface area contributed by atoms with E-state index in [9.17, 15) is 4.79 Å². The average molecular weight is 409 g/mol. The van der Waals surface area contributed by atoms with Crippen molar-refractivity contribution in [3.05, 3.63) is 59.3 Å². The summed E-state index contributed by atoms with van der Waals surface area (Å²) in [6, 6.07) is 11.7. The summed E-state index contributed by atoms with van der Waals surface area (Å²) in [4.78, 5) is 21.8. The maximum Gasteiger partial charge on any atom is 0.257 e. The van der Waals surface area contributed by atoms with Crippen LogP contribution in [0.5, 0.6) is 0 Å². The van der Waals surface area contributed by atoms with Gasteiger partial charge in [-0.2, -0.15) is 0 Å². The lowest BCUT2D eigenvalue weighted by atomic mass is 9.79. The molecule has 0 radical (unpaired) electrons. The Bertz CT molecular complexity index is 995. The quantitative estimate of drug-likeness (QED) is 0.588. The lowest BCUT2D eigenvalue weighted by Crippen LogP contribution is -2.20. The van der Waals surface area contributed by atoms with Gasteiger partial charge in [0.25, 0.3) is 5.91 Å². The van der Waals surface area contributed by atoms with Gasteiger partial charge in [0.2, 0.25) is 0 Å². The SMILES string of the molecule is CC(C)(C)c1cc(C(=O)Nc2nc(-c3ccccn3)c(N)s2)cc(C(C)(C)C)c1. The second-order valence-corrected chi connectivity index (χ2v) is 10.2. The lowest BCUT2D eigenvalue weighted by Gasteiger charge is -2.26. The van der Waals surface area contributed by atoms with Crippen LogP contribution in [-0.4, -0.2) is 15.9 Å². The fraction of sp³-hybridized carbons (Fsp3) is 0.348. The van der Waals surface area contributed by atoms with Gasteiger partial charge in [-0.3, -0.25) is 15.1 Å². The van der Waals surface area contributed by atoms with Gasteiger partial charge in [-0.1, -0.05) is 65.0 Å². The van der Waals surface area contributed by atoms with Crippen molar-refractivity contribution in [1.82, 2.24) is 9.97 Å². The number of rotatable bonds is 3. The van der Waals surface area contributed by atoms with Crippen molar-refractivity contribution < 1.29 is 4.79 Å². The maximum absolute atomic E-state index is 13.0. The maximum atomic E-state index is 13.0. The summed E-state index contributed by atoms with van der Waals surface area (Å²) in [5, 5.41) is 3.90. The Balaban J connectivity index is 1.93. The third-order valence-electron chi connectivity index (χ3n) is 4.71.